The molecule has 0 saturated carbocycles. The molecule has 1 fully saturated rings. The summed E-state index contributed by atoms with van der Waals surface area (Å²) in [7, 11) is 6.56. The summed E-state index contributed by atoms with van der Waals surface area (Å²) in [6.07, 6.45) is 1.62. The highest BCUT2D eigenvalue weighted by Gasteiger charge is 2.44. The smallest absolute Gasteiger partial charge is 0.326 e. The molecule has 0 bridgehead atoms. The number of ether oxygens (including phenoxy) is 2. The Morgan fingerprint density at radius 1 is 0.772 bits per heavy atom. The summed E-state index contributed by atoms with van der Waals surface area (Å²) in [5.74, 6) is -4.93. The molecule has 0 aromatic heterocycles. The lowest BCUT2D eigenvalue weighted by atomic mass is 9.89. The normalized spacial score (nSPS) is 17.4. The van der Waals surface area contributed by atoms with Crippen molar-refractivity contribution in [3.8, 4) is 0 Å². The van der Waals surface area contributed by atoms with Crippen LogP contribution in [0.25, 0.3) is 0 Å². The van der Waals surface area contributed by atoms with E-state index in [0.717, 1.165) is 11.1 Å². The summed E-state index contributed by atoms with van der Waals surface area (Å²) in [5, 5.41) is 23.9. The average molecular weight is 1110 g/mol. The number of likely N-dealkylation sites (tertiary alicyclic amines) is 1. The molecule has 21 nitrogen and oxygen atoms in total. The molecule has 10 N–H and O–H groups in total. The van der Waals surface area contributed by atoms with Crippen molar-refractivity contribution in [2.75, 3.05) is 53.3 Å². The Hall–Kier alpha value is -6.16. The molecule has 79 heavy (non-hydrogen) atoms. The fraction of sp³-hybridized carbons (Fsp3) is 0.655. The first-order valence-corrected chi connectivity index (χ1v) is 28.0. The summed E-state index contributed by atoms with van der Waals surface area (Å²) >= 11 is 0. The van der Waals surface area contributed by atoms with Crippen molar-refractivity contribution in [2.24, 2.45) is 41.1 Å². The molecule has 1 unspecified atom stereocenters. The number of carboxylic acids is 1. The zero-order valence-electron chi connectivity index (χ0n) is 49.1. The zero-order valence-corrected chi connectivity index (χ0v) is 49.1. The van der Waals surface area contributed by atoms with Gasteiger partial charge in [0.05, 0.1) is 48.7 Å². The van der Waals surface area contributed by atoms with Gasteiger partial charge in [-0.3, -0.25) is 33.7 Å². The standard InChI is InChI=1S/C58H94N10O11/c1-14-37(8)50(45(78-12)33-46(69)68-30-19-23-44(68)51(79-13)38(9)52(70)64-43(57(75)76)32-40-20-16-15-17-21-40)67(11)56(74)48(35(4)5)65-55(73)49(36(6)7)66(10)31-28-39-24-26-41(27-25-39)62-53(71)42(22-18-29-61-58(60)77)63-54(72)47(59)34(2)3/h15-17,20-21,24-27,34-38,42-45,47-51H,14,18-19,22-23,28-33,59H2,1-13H3,(H,62,71)(H,63,72)(H,64,70)(H,65,73)(H,75,76)(H3,60,61,77)/t37-,38+,42?,43-,44-,45+,47-,48-,49-,50-,51+/m0/s1. The van der Waals surface area contributed by atoms with Gasteiger partial charge in [0, 0.05) is 53.0 Å². The van der Waals surface area contributed by atoms with E-state index >= 15 is 0 Å². The van der Waals surface area contributed by atoms with Crippen LogP contribution in [0.2, 0.25) is 0 Å². The van der Waals surface area contributed by atoms with Gasteiger partial charge in [0.2, 0.25) is 35.4 Å². The summed E-state index contributed by atoms with van der Waals surface area (Å²) < 4.78 is 12.0. The number of likely N-dealkylation sites (N-methyl/N-ethyl adjacent to an activating group) is 2. The van der Waals surface area contributed by atoms with E-state index in [1.807, 2.05) is 85.5 Å². The van der Waals surface area contributed by atoms with Gasteiger partial charge in [-0.05, 0) is 86.1 Å². The van der Waals surface area contributed by atoms with E-state index in [2.05, 4.69) is 26.6 Å². The van der Waals surface area contributed by atoms with Crippen LogP contribution in [0.5, 0.6) is 0 Å². The topological polar surface area (TPSA) is 297 Å². The zero-order chi connectivity index (χ0) is 59.3. The van der Waals surface area contributed by atoms with Crippen LogP contribution in [-0.2, 0) is 55.9 Å². The van der Waals surface area contributed by atoms with E-state index in [9.17, 15) is 43.5 Å². The Balaban J connectivity index is 1.71. The molecule has 3 rings (SSSR count). The van der Waals surface area contributed by atoms with Gasteiger partial charge in [-0.15, -0.1) is 0 Å². The second-order valence-corrected chi connectivity index (χ2v) is 22.3. The van der Waals surface area contributed by atoms with E-state index in [4.69, 9.17) is 20.9 Å². The van der Waals surface area contributed by atoms with Crippen LogP contribution in [0.3, 0.4) is 0 Å². The molecule has 0 radical (unpaired) electrons. The number of benzene rings is 2. The summed E-state index contributed by atoms with van der Waals surface area (Å²) in [4.78, 5) is 112. The number of nitrogens with one attached hydrogen (secondary N) is 5. The Labute approximate surface area is 468 Å². The van der Waals surface area contributed by atoms with Crippen molar-refractivity contribution in [3.05, 3.63) is 65.7 Å². The van der Waals surface area contributed by atoms with Gasteiger partial charge in [0.25, 0.3) is 0 Å². The Bertz CT molecular complexity index is 2290. The van der Waals surface area contributed by atoms with E-state index < -0.39 is 90.1 Å². The van der Waals surface area contributed by atoms with Crippen molar-refractivity contribution in [2.45, 2.75) is 168 Å². The molecule has 2 aromatic carbocycles. The quantitative estimate of drug-likeness (QED) is 0.0471. The van der Waals surface area contributed by atoms with Gasteiger partial charge in [-0.2, -0.15) is 0 Å². The SMILES string of the molecule is CC[C@H](C)[C@@H]([C@@H](CC(=O)N1CCC[C@H]1[C@H](OC)[C@@H](C)C(=O)N[C@@H](Cc1ccccc1)C(=O)O)OC)N(C)C(=O)[C@@H](NC(=O)[C@H](C(C)C)N(C)CCc1ccc(NC(=O)C(CCCNC(N)=O)NC(=O)[C@@H](N)C(C)C)cc1)C(C)C. The lowest BCUT2D eigenvalue weighted by molar-refractivity contribution is -0.148. The van der Waals surface area contributed by atoms with Crippen molar-refractivity contribution < 1.29 is 52.9 Å². The minimum absolute atomic E-state index is 0.0712. The molecule has 21 heteroatoms. The van der Waals surface area contributed by atoms with Crippen molar-refractivity contribution in [1.82, 2.24) is 36.0 Å². The number of nitrogens with zero attached hydrogens (tertiary/aromatic N) is 3. The number of amides is 8. The second kappa shape index (κ2) is 32.8. The number of aliphatic carboxylic acids is 1. The first-order valence-electron chi connectivity index (χ1n) is 28.0. The van der Waals surface area contributed by atoms with Gasteiger partial charge in [-0.1, -0.05) is 111 Å². The molecule has 1 saturated heterocycles. The number of carbonyl (C=O) groups is 8. The molecule has 11 atom stereocenters. The molecule has 2 aromatic rings. The predicted molar refractivity (Wildman–Crippen MR) is 304 cm³/mol. The molecule has 1 heterocycles. The predicted octanol–water partition coefficient (Wildman–Crippen LogP) is 3.91. The molecule has 0 spiro atoms. The van der Waals surface area contributed by atoms with Gasteiger partial charge in [-0.25, -0.2) is 9.59 Å². The number of anilines is 1. The largest absolute Gasteiger partial charge is 0.480 e. The number of nitrogens with two attached hydrogens (primary N) is 2. The first-order chi connectivity index (χ1) is 37.3. The Kier molecular flexibility index (Phi) is 27.9. The van der Waals surface area contributed by atoms with Crippen molar-refractivity contribution in [3.63, 3.8) is 0 Å². The maximum absolute atomic E-state index is 14.8. The second-order valence-electron chi connectivity index (χ2n) is 22.3. The van der Waals surface area contributed by atoms with Crippen LogP contribution in [0.1, 0.15) is 112 Å². The third-order valence-corrected chi connectivity index (χ3v) is 15.4. The number of hydrogen-bond acceptors (Lipinski definition) is 12. The third-order valence-electron chi connectivity index (χ3n) is 15.4. The summed E-state index contributed by atoms with van der Waals surface area (Å²) in [6.45, 7) is 18.1. The monoisotopic (exact) mass is 1110 g/mol. The summed E-state index contributed by atoms with van der Waals surface area (Å²) in [6, 6.07) is 10.2. The number of rotatable bonds is 33. The van der Waals surface area contributed by atoms with Crippen LogP contribution in [0.15, 0.2) is 54.6 Å². The van der Waals surface area contributed by atoms with Gasteiger partial charge in [0.1, 0.15) is 18.1 Å². The maximum atomic E-state index is 14.8. The van der Waals surface area contributed by atoms with E-state index in [1.54, 1.807) is 60.2 Å². The highest BCUT2D eigenvalue weighted by Crippen LogP contribution is 2.30. The molecule has 8 amide bonds. The number of urea groups is 1. The Morgan fingerprint density at radius 2 is 1.41 bits per heavy atom. The van der Waals surface area contributed by atoms with Gasteiger partial charge >= 0.3 is 12.0 Å². The minimum atomic E-state index is -1.16. The molecule has 442 valence electrons. The van der Waals surface area contributed by atoms with Crippen LogP contribution < -0.4 is 38.1 Å². The first kappa shape index (κ1) is 67.1. The number of methoxy groups -OCH3 is 2. The molecule has 1 aliphatic heterocycles. The van der Waals surface area contributed by atoms with E-state index in [1.165, 1.54) is 14.2 Å². The van der Waals surface area contributed by atoms with E-state index in [0.29, 0.717) is 50.9 Å². The average Bonchev–Trinajstić information content (AvgIpc) is 3.91. The van der Waals surface area contributed by atoms with Crippen LogP contribution >= 0.6 is 0 Å². The van der Waals surface area contributed by atoms with Crippen molar-refractivity contribution >= 4 is 53.1 Å². The molecular weight excluding hydrogens is 1010 g/mol. The highest BCUT2D eigenvalue weighted by molar-refractivity contribution is 5.98. The highest BCUT2D eigenvalue weighted by atomic mass is 16.5. The third kappa shape index (κ3) is 20.2. The number of primary amides is 1. The van der Waals surface area contributed by atoms with E-state index in [-0.39, 0.29) is 67.2 Å². The van der Waals surface area contributed by atoms with Gasteiger partial charge in [0.15, 0.2) is 0 Å². The number of carbonyl (C=O) groups excluding carboxylic acids is 7. The maximum Gasteiger partial charge on any atom is 0.326 e. The number of hydrogen-bond donors (Lipinski definition) is 8. The fourth-order valence-electron chi connectivity index (χ4n) is 10.4. The Morgan fingerprint density at radius 3 is 1.95 bits per heavy atom. The van der Waals surface area contributed by atoms with Crippen LogP contribution in [-0.4, -0.2) is 170 Å². The van der Waals surface area contributed by atoms with Gasteiger partial charge < -0.3 is 62.4 Å². The van der Waals surface area contributed by atoms with Crippen LogP contribution in [0.4, 0.5) is 10.5 Å². The molecule has 0 aliphatic carbocycles. The summed E-state index contributed by atoms with van der Waals surface area (Å²) in [5.41, 5.74) is 13.4. The molecule has 1 aliphatic rings. The number of carboxylic acid groups (broad SMARTS) is 1. The lowest BCUT2D eigenvalue weighted by Crippen LogP contribution is -2.60. The fourth-order valence-corrected chi connectivity index (χ4v) is 10.4. The van der Waals surface area contributed by atoms with Crippen molar-refractivity contribution in [1.29, 1.82) is 0 Å². The minimum Gasteiger partial charge on any atom is -0.480 e. The van der Waals surface area contributed by atoms with Crippen LogP contribution in [0, 0.1) is 29.6 Å². The molecular formula is C58H94N10O11. The lowest BCUT2D eigenvalue weighted by Gasteiger charge is -2.41.